The number of nitrogens with zero attached hydrogens (tertiary/aromatic N) is 1. The quantitative estimate of drug-likeness (QED) is 0.350. The van der Waals surface area contributed by atoms with Crippen LogP contribution in [0.15, 0.2) is 18.2 Å². The van der Waals surface area contributed by atoms with Gasteiger partial charge in [-0.05, 0) is 77.0 Å². The molecule has 38 heavy (non-hydrogen) atoms. The van der Waals surface area contributed by atoms with E-state index in [2.05, 4.69) is 29.2 Å². The molecular formula is C28H45N3O7. The Balaban J connectivity index is 3.63. The molecule has 3 amide bonds. The first kappa shape index (κ1) is 32.9. The molecule has 10 nitrogen and oxygen atoms in total. The Bertz CT molecular complexity index is 951. The number of ether oxygens (including phenoxy) is 2. The van der Waals surface area contributed by atoms with E-state index in [1.807, 2.05) is 39.0 Å². The SMILES string of the molecule is COC(=O)CNC(=O)C(c1c(C)cccc1C)N(C(=O)C(CO)NC(=O)OC(C)(C)C)C(C)CCC(C)C. The van der Waals surface area contributed by atoms with Crippen LogP contribution in [0, 0.1) is 19.8 Å². The Morgan fingerprint density at radius 2 is 1.61 bits per heavy atom. The number of amides is 3. The minimum absolute atomic E-state index is 0.342. The van der Waals surface area contributed by atoms with Crippen molar-refractivity contribution in [2.45, 2.75) is 92.0 Å². The number of rotatable bonds is 12. The first-order valence-corrected chi connectivity index (χ1v) is 13.0. The normalized spacial score (nSPS) is 13.8. The van der Waals surface area contributed by atoms with Gasteiger partial charge in [-0.15, -0.1) is 0 Å². The maximum Gasteiger partial charge on any atom is 0.408 e. The summed E-state index contributed by atoms with van der Waals surface area (Å²) in [5, 5.41) is 15.2. The summed E-state index contributed by atoms with van der Waals surface area (Å²) in [5.74, 6) is -1.51. The molecule has 214 valence electrons. The van der Waals surface area contributed by atoms with Gasteiger partial charge in [-0.25, -0.2) is 4.79 Å². The number of methoxy groups -OCH3 is 1. The van der Waals surface area contributed by atoms with Crippen molar-refractivity contribution in [3.63, 3.8) is 0 Å². The van der Waals surface area contributed by atoms with Crippen LogP contribution in [-0.4, -0.2) is 71.8 Å². The van der Waals surface area contributed by atoms with E-state index in [0.29, 0.717) is 17.9 Å². The van der Waals surface area contributed by atoms with Crippen LogP contribution in [0.25, 0.3) is 0 Å². The lowest BCUT2D eigenvalue weighted by atomic mass is 9.91. The van der Waals surface area contributed by atoms with E-state index in [9.17, 15) is 24.3 Å². The van der Waals surface area contributed by atoms with Crippen molar-refractivity contribution in [1.29, 1.82) is 0 Å². The molecule has 1 rings (SSSR count). The van der Waals surface area contributed by atoms with Crippen LogP contribution in [0.2, 0.25) is 0 Å². The molecule has 3 unspecified atom stereocenters. The molecule has 0 heterocycles. The molecule has 0 bridgehead atoms. The van der Waals surface area contributed by atoms with Gasteiger partial charge in [0.2, 0.25) is 11.8 Å². The van der Waals surface area contributed by atoms with Gasteiger partial charge in [0.1, 0.15) is 24.2 Å². The van der Waals surface area contributed by atoms with Crippen molar-refractivity contribution in [2.24, 2.45) is 5.92 Å². The zero-order valence-corrected chi connectivity index (χ0v) is 24.2. The van der Waals surface area contributed by atoms with Crippen LogP contribution in [-0.2, 0) is 23.9 Å². The number of hydrogen-bond acceptors (Lipinski definition) is 7. The predicted octanol–water partition coefficient (Wildman–Crippen LogP) is 3.17. The molecule has 1 aromatic rings. The summed E-state index contributed by atoms with van der Waals surface area (Å²) in [6, 6.07) is 2.59. The number of nitrogens with one attached hydrogen (secondary N) is 2. The fraction of sp³-hybridized carbons (Fsp3) is 0.643. The Kier molecular flexibility index (Phi) is 12.7. The first-order valence-electron chi connectivity index (χ1n) is 13.0. The summed E-state index contributed by atoms with van der Waals surface area (Å²) >= 11 is 0. The van der Waals surface area contributed by atoms with E-state index in [0.717, 1.165) is 17.5 Å². The largest absolute Gasteiger partial charge is 0.468 e. The molecule has 3 atom stereocenters. The van der Waals surface area contributed by atoms with Crippen LogP contribution in [0.4, 0.5) is 4.79 Å². The smallest absolute Gasteiger partial charge is 0.408 e. The van der Waals surface area contributed by atoms with Crippen molar-refractivity contribution < 1.29 is 33.8 Å². The van der Waals surface area contributed by atoms with Gasteiger partial charge in [-0.1, -0.05) is 32.0 Å². The lowest BCUT2D eigenvalue weighted by Gasteiger charge is -2.39. The van der Waals surface area contributed by atoms with Crippen molar-refractivity contribution in [3.05, 3.63) is 34.9 Å². The van der Waals surface area contributed by atoms with Gasteiger partial charge in [-0.3, -0.25) is 14.4 Å². The number of aryl methyl sites for hydroxylation is 2. The number of esters is 1. The van der Waals surface area contributed by atoms with E-state index in [1.165, 1.54) is 12.0 Å². The monoisotopic (exact) mass is 535 g/mol. The molecule has 0 aliphatic carbocycles. The molecule has 0 spiro atoms. The molecule has 1 aromatic carbocycles. The molecular weight excluding hydrogens is 490 g/mol. The van der Waals surface area contributed by atoms with Crippen LogP contribution in [0.1, 0.15) is 77.1 Å². The zero-order valence-electron chi connectivity index (χ0n) is 24.2. The third-order valence-corrected chi connectivity index (χ3v) is 6.04. The van der Waals surface area contributed by atoms with Crippen molar-refractivity contribution in [2.75, 3.05) is 20.3 Å². The van der Waals surface area contributed by atoms with Crippen LogP contribution >= 0.6 is 0 Å². The second-order valence-corrected chi connectivity index (χ2v) is 10.9. The highest BCUT2D eigenvalue weighted by Crippen LogP contribution is 2.31. The summed E-state index contributed by atoms with van der Waals surface area (Å²) in [4.78, 5) is 53.4. The highest BCUT2D eigenvalue weighted by Gasteiger charge is 2.40. The van der Waals surface area contributed by atoms with E-state index >= 15 is 0 Å². The summed E-state index contributed by atoms with van der Waals surface area (Å²) in [7, 11) is 1.22. The third-order valence-electron chi connectivity index (χ3n) is 6.04. The van der Waals surface area contributed by atoms with Gasteiger partial charge in [-0.2, -0.15) is 0 Å². The number of alkyl carbamates (subject to hydrolysis) is 1. The van der Waals surface area contributed by atoms with Crippen LogP contribution < -0.4 is 10.6 Å². The Morgan fingerprint density at radius 3 is 2.08 bits per heavy atom. The van der Waals surface area contributed by atoms with Crippen molar-refractivity contribution >= 4 is 23.9 Å². The van der Waals surface area contributed by atoms with Gasteiger partial charge < -0.3 is 30.1 Å². The summed E-state index contributed by atoms with van der Waals surface area (Å²) in [5.41, 5.74) is 1.34. The van der Waals surface area contributed by atoms with E-state index in [-0.39, 0.29) is 6.54 Å². The van der Waals surface area contributed by atoms with Gasteiger partial charge in [0, 0.05) is 6.04 Å². The molecule has 0 radical (unpaired) electrons. The highest BCUT2D eigenvalue weighted by atomic mass is 16.6. The number of aliphatic hydroxyl groups is 1. The molecule has 0 aromatic heterocycles. The van der Waals surface area contributed by atoms with Gasteiger partial charge in [0.15, 0.2) is 0 Å². The minimum atomic E-state index is -1.36. The van der Waals surface area contributed by atoms with Gasteiger partial charge in [0.05, 0.1) is 13.7 Å². The first-order chi connectivity index (χ1) is 17.6. The highest BCUT2D eigenvalue weighted by molar-refractivity contribution is 5.94. The standard InChI is InChI=1S/C28H45N3O7/c1-17(2)13-14-20(5)31(26(35)21(16-32)30-27(36)38-28(6,7)8)24(25(34)29-15-22(33)37-9)23-18(3)11-10-12-19(23)4/h10-12,17,20-21,24,32H,13-16H2,1-9H3,(H,29,34)(H,30,36). The summed E-state index contributed by atoms with van der Waals surface area (Å²) in [6.45, 7) is 13.6. The Labute approximate surface area is 226 Å². The third kappa shape index (κ3) is 9.96. The molecule has 0 aliphatic rings. The maximum atomic E-state index is 14.0. The maximum absolute atomic E-state index is 14.0. The fourth-order valence-electron chi connectivity index (χ4n) is 4.11. The van der Waals surface area contributed by atoms with Crippen molar-refractivity contribution in [1.82, 2.24) is 15.5 Å². The average molecular weight is 536 g/mol. The lowest BCUT2D eigenvalue weighted by Crippen LogP contribution is -2.57. The van der Waals surface area contributed by atoms with Crippen LogP contribution in [0.3, 0.4) is 0 Å². The number of carbonyl (C=O) groups is 4. The summed E-state index contributed by atoms with van der Waals surface area (Å²) in [6.07, 6.45) is 0.482. The van der Waals surface area contributed by atoms with E-state index < -0.39 is 54.2 Å². The van der Waals surface area contributed by atoms with Crippen LogP contribution in [0.5, 0.6) is 0 Å². The Hall–Kier alpha value is -3.14. The zero-order chi connectivity index (χ0) is 29.2. The average Bonchev–Trinajstić information content (AvgIpc) is 2.81. The van der Waals surface area contributed by atoms with E-state index in [4.69, 9.17) is 4.74 Å². The van der Waals surface area contributed by atoms with Gasteiger partial charge in [0.25, 0.3) is 0 Å². The van der Waals surface area contributed by atoms with Gasteiger partial charge >= 0.3 is 12.1 Å². The second kappa shape index (κ2) is 14.7. The fourth-order valence-corrected chi connectivity index (χ4v) is 4.11. The lowest BCUT2D eigenvalue weighted by molar-refractivity contribution is -0.147. The number of aliphatic hydroxyl groups excluding tert-OH is 1. The Morgan fingerprint density at radius 1 is 1.03 bits per heavy atom. The minimum Gasteiger partial charge on any atom is -0.468 e. The molecule has 3 N–H and O–H groups in total. The summed E-state index contributed by atoms with van der Waals surface area (Å²) < 4.78 is 9.95. The predicted molar refractivity (Wildman–Crippen MR) is 144 cm³/mol. The van der Waals surface area contributed by atoms with Crippen molar-refractivity contribution in [3.8, 4) is 0 Å². The second-order valence-electron chi connectivity index (χ2n) is 10.9. The van der Waals surface area contributed by atoms with E-state index in [1.54, 1.807) is 20.8 Å². The number of benzene rings is 1. The topological polar surface area (TPSA) is 134 Å². The molecule has 0 aliphatic heterocycles. The molecule has 0 saturated carbocycles. The number of hydrogen-bond donors (Lipinski definition) is 3. The number of carbonyl (C=O) groups excluding carboxylic acids is 4. The molecule has 10 heteroatoms. The molecule has 0 saturated heterocycles. The molecule has 0 fully saturated rings.